The van der Waals surface area contributed by atoms with Crippen molar-refractivity contribution in [2.24, 2.45) is 5.41 Å². The Morgan fingerprint density at radius 1 is 1.24 bits per heavy atom. The zero-order valence-corrected chi connectivity index (χ0v) is 13.0. The number of ether oxygens (including phenoxy) is 1. The number of likely N-dealkylation sites (tertiary alicyclic amines) is 1. The smallest absolute Gasteiger partial charge is 0.410 e. The SMILES string of the molecule is CC(C)(C)OC(=O)N1CCC2(CC1)CN(I)C2. The maximum absolute atomic E-state index is 11.9. The molecule has 0 aromatic heterocycles. The van der Waals surface area contributed by atoms with Gasteiger partial charge in [-0.15, -0.1) is 0 Å². The van der Waals surface area contributed by atoms with Crippen LogP contribution in [0.15, 0.2) is 0 Å². The van der Waals surface area contributed by atoms with Crippen LogP contribution < -0.4 is 0 Å². The molecule has 1 spiro atoms. The van der Waals surface area contributed by atoms with Crippen molar-refractivity contribution in [1.29, 1.82) is 0 Å². The van der Waals surface area contributed by atoms with Gasteiger partial charge in [0.1, 0.15) is 5.60 Å². The minimum Gasteiger partial charge on any atom is -0.444 e. The molecule has 0 aromatic rings. The van der Waals surface area contributed by atoms with E-state index in [4.69, 9.17) is 4.74 Å². The molecular formula is C12H21IN2O2. The van der Waals surface area contributed by atoms with Crippen LogP contribution >= 0.6 is 22.9 Å². The van der Waals surface area contributed by atoms with Crippen LogP contribution in [0.2, 0.25) is 0 Å². The van der Waals surface area contributed by atoms with Gasteiger partial charge in [0.05, 0.1) is 0 Å². The summed E-state index contributed by atoms with van der Waals surface area (Å²) in [5.74, 6) is 0. The third kappa shape index (κ3) is 3.24. The summed E-state index contributed by atoms with van der Waals surface area (Å²) in [7, 11) is 0. The molecule has 0 saturated carbocycles. The molecule has 98 valence electrons. The predicted octanol–water partition coefficient (Wildman–Crippen LogP) is 2.67. The fraction of sp³-hybridized carbons (Fsp3) is 0.917. The molecule has 2 saturated heterocycles. The Balaban J connectivity index is 1.81. The molecule has 1 amide bonds. The van der Waals surface area contributed by atoms with Crippen LogP contribution in [0.1, 0.15) is 33.6 Å². The topological polar surface area (TPSA) is 32.8 Å². The number of nitrogens with zero attached hydrogens (tertiary/aromatic N) is 2. The fourth-order valence-corrected chi connectivity index (χ4v) is 3.94. The molecule has 5 heteroatoms. The van der Waals surface area contributed by atoms with Gasteiger partial charge in [-0.2, -0.15) is 0 Å². The molecule has 0 radical (unpaired) electrons. The fourth-order valence-electron chi connectivity index (χ4n) is 2.49. The summed E-state index contributed by atoms with van der Waals surface area (Å²) >= 11 is 2.37. The van der Waals surface area contributed by atoms with Crippen LogP contribution in [0, 0.1) is 5.41 Å². The summed E-state index contributed by atoms with van der Waals surface area (Å²) in [5, 5.41) is 0. The van der Waals surface area contributed by atoms with Gasteiger partial charge in [0.15, 0.2) is 0 Å². The number of carbonyl (C=O) groups excluding carboxylic acids is 1. The molecule has 17 heavy (non-hydrogen) atoms. The average Bonchev–Trinajstić information content (AvgIpc) is 2.14. The molecule has 0 atom stereocenters. The number of hydrogen-bond acceptors (Lipinski definition) is 3. The summed E-state index contributed by atoms with van der Waals surface area (Å²) in [5.41, 5.74) is 0.0986. The highest BCUT2D eigenvalue weighted by molar-refractivity contribution is 14.1. The van der Waals surface area contributed by atoms with Crippen LogP contribution in [0.4, 0.5) is 4.79 Å². The number of halogens is 1. The van der Waals surface area contributed by atoms with Gasteiger partial charge in [0, 0.05) is 54.5 Å². The van der Waals surface area contributed by atoms with Gasteiger partial charge < -0.3 is 9.64 Å². The molecule has 2 aliphatic rings. The van der Waals surface area contributed by atoms with Crippen molar-refractivity contribution in [2.75, 3.05) is 26.2 Å². The van der Waals surface area contributed by atoms with Crippen molar-refractivity contribution < 1.29 is 9.53 Å². The summed E-state index contributed by atoms with van der Waals surface area (Å²) in [6.45, 7) is 9.78. The first kappa shape index (κ1) is 13.4. The summed E-state index contributed by atoms with van der Waals surface area (Å²) in [6, 6.07) is 0. The van der Waals surface area contributed by atoms with Crippen LogP contribution in [-0.4, -0.2) is 45.9 Å². The quantitative estimate of drug-likeness (QED) is 0.496. The highest BCUT2D eigenvalue weighted by atomic mass is 127. The molecule has 0 N–H and O–H groups in total. The van der Waals surface area contributed by atoms with Gasteiger partial charge in [0.2, 0.25) is 0 Å². The van der Waals surface area contributed by atoms with Crippen LogP contribution in [0.3, 0.4) is 0 Å². The van der Waals surface area contributed by atoms with E-state index in [0.717, 1.165) is 25.9 Å². The lowest BCUT2D eigenvalue weighted by Crippen LogP contribution is -2.57. The molecule has 4 nitrogen and oxygen atoms in total. The van der Waals surface area contributed by atoms with Gasteiger partial charge in [-0.1, -0.05) is 0 Å². The Morgan fingerprint density at radius 2 is 1.76 bits per heavy atom. The van der Waals surface area contributed by atoms with E-state index < -0.39 is 0 Å². The van der Waals surface area contributed by atoms with E-state index >= 15 is 0 Å². The Kier molecular flexibility index (Phi) is 3.60. The number of amides is 1. The van der Waals surface area contributed by atoms with Gasteiger partial charge in [-0.25, -0.2) is 7.91 Å². The molecule has 2 fully saturated rings. The second kappa shape index (κ2) is 4.57. The van der Waals surface area contributed by atoms with Crippen molar-refractivity contribution in [3.05, 3.63) is 0 Å². The third-order valence-corrected chi connectivity index (χ3v) is 4.17. The molecule has 2 aliphatic heterocycles. The second-order valence-electron chi connectivity index (χ2n) is 6.25. The first-order valence-electron chi connectivity index (χ1n) is 6.18. The molecule has 2 heterocycles. The van der Waals surface area contributed by atoms with Crippen LogP contribution in [-0.2, 0) is 4.74 Å². The van der Waals surface area contributed by atoms with Gasteiger partial charge in [0.25, 0.3) is 0 Å². The molecular weight excluding hydrogens is 331 g/mol. The summed E-state index contributed by atoms with van der Waals surface area (Å²) in [6.07, 6.45) is 2.08. The highest BCUT2D eigenvalue weighted by Crippen LogP contribution is 2.42. The first-order chi connectivity index (χ1) is 7.80. The van der Waals surface area contributed by atoms with Crippen molar-refractivity contribution in [1.82, 2.24) is 8.01 Å². The summed E-state index contributed by atoms with van der Waals surface area (Å²) < 4.78 is 7.71. The summed E-state index contributed by atoms with van der Waals surface area (Å²) in [4.78, 5) is 13.7. The molecule has 0 aliphatic carbocycles. The zero-order chi connectivity index (χ0) is 12.7. The predicted molar refractivity (Wildman–Crippen MR) is 75.1 cm³/mol. The van der Waals surface area contributed by atoms with Crippen molar-refractivity contribution in [3.63, 3.8) is 0 Å². The lowest BCUT2D eigenvalue weighted by molar-refractivity contribution is -0.0116. The number of carbonyl (C=O) groups is 1. The molecule has 0 bridgehead atoms. The van der Waals surface area contributed by atoms with Gasteiger partial charge in [-0.3, -0.25) is 0 Å². The lowest BCUT2D eigenvalue weighted by atomic mass is 9.73. The first-order valence-corrected chi connectivity index (χ1v) is 7.15. The number of rotatable bonds is 0. The molecule has 0 unspecified atom stereocenters. The number of piperidine rings is 1. The molecule has 2 rings (SSSR count). The second-order valence-corrected chi connectivity index (χ2v) is 7.61. The highest BCUT2D eigenvalue weighted by Gasteiger charge is 2.45. The van der Waals surface area contributed by atoms with E-state index in [2.05, 4.69) is 26.0 Å². The van der Waals surface area contributed by atoms with E-state index in [9.17, 15) is 4.79 Å². The minimum atomic E-state index is -0.387. The maximum Gasteiger partial charge on any atom is 0.410 e. The minimum absolute atomic E-state index is 0.155. The van der Waals surface area contributed by atoms with E-state index in [1.807, 2.05) is 25.7 Å². The van der Waals surface area contributed by atoms with Gasteiger partial charge >= 0.3 is 6.09 Å². The Bertz CT molecular complexity index is 298. The van der Waals surface area contributed by atoms with Crippen LogP contribution in [0.25, 0.3) is 0 Å². The zero-order valence-electron chi connectivity index (χ0n) is 10.8. The third-order valence-electron chi connectivity index (χ3n) is 3.49. The van der Waals surface area contributed by atoms with Gasteiger partial charge in [-0.05, 0) is 33.6 Å². The normalized spacial score (nSPS) is 24.6. The van der Waals surface area contributed by atoms with E-state index in [-0.39, 0.29) is 11.7 Å². The van der Waals surface area contributed by atoms with E-state index in [1.54, 1.807) is 0 Å². The lowest BCUT2D eigenvalue weighted by Gasteiger charge is -2.51. The van der Waals surface area contributed by atoms with Crippen molar-refractivity contribution in [3.8, 4) is 0 Å². The molecule has 0 aromatic carbocycles. The maximum atomic E-state index is 11.9. The van der Waals surface area contributed by atoms with Crippen molar-refractivity contribution >= 4 is 29.0 Å². The monoisotopic (exact) mass is 352 g/mol. The Hall–Kier alpha value is -0.0400. The number of hydrogen-bond donors (Lipinski definition) is 0. The van der Waals surface area contributed by atoms with Crippen LogP contribution in [0.5, 0.6) is 0 Å². The standard InChI is InChI=1S/C12H21IN2O2/c1-11(2,3)17-10(16)14-6-4-12(5-7-14)8-15(13)9-12/h4-9H2,1-3H3. The van der Waals surface area contributed by atoms with E-state index in [0.29, 0.717) is 5.41 Å². The average molecular weight is 352 g/mol. The Morgan fingerprint density at radius 3 is 2.18 bits per heavy atom. The van der Waals surface area contributed by atoms with Crippen molar-refractivity contribution in [2.45, 2.75) is 39.2 Å². The Labute approximate surface area is 117 Å². The van der Waals surface area contributed by atoms with E-state index in [1.165, 1.54) is 13.1 Å². The largest absolute Gasteiger partial charge is 0.444 e.